The van der Waals surface area contributed by atoms with E-state index in [0.717, 1.165) is 17.1 Å². The summed E-state index contributed by atoms with van der Waals surface area (Å²) in [4.78, 5) is 0. The maximum Gasteiger partial charge on any atom is 0.0592 e. The van der Waals surface area contributed by atoms with E-state index < -0.39 is 0 Å². The molecule has 0 aliphatic carbocycles. The van der Waals surface area contributed by atoms with Gasteiger partial charge in [0.2, 0.25) is 0 Å². The van der Waals surface area contributed by atoms with Crippen LogP contribution in [0.5, 0.6) is 0 Å². The third-order valence-corrected chi connectivity index (χ3v) is 4.11. The molecule has 1 atom stereocenters. The molecule has 0 fully saturated rings. The molecule has 0 bridgehead atoms. The number of hydrogen-bond acceptors (Lipinski definition) is 1. The Morgan fingerprint density at radius 2 is 1.95 bits per heavy atom. The first-order valence-electron chi connectivity index (χ1n) is 6.05. The van der Waals surface area contributed by atoms with Crippen LogP contribution >= 0.6 is 45.8 Å². The standard InChI is InChI=1S/C15H14Cl2IN/c1-2-19-15(10-4-3-5-12(18)8-10)13-9-11(16)6-7-14(13)17/h3-9,15,19H,2H2,1H3. The first kappa shape index (κ1) is 15.1. The van der Waals surface area contributed by atoms with Gasteiger partial charge in [0.25, 0.3) is 0 Å². The van der Waals surface area contributed by atoms with E-state index in [1.54, 1.807) is 0 Å². The van der Waals surface area contributed by atoms with E-state index in [4.69, 9.17) is 23.2 Å². The molecule has 0 radical (unpaired) electrons. The quantitative estimate of drug-likeness (QED) is 0.680. The zero-order chi connectivity index (χ0) is 13.8. The molecule has 4 heteroatoms. The van der Waals surface area contributed by atoms with Gasteiger partial charge in [0, 0.05) is 13.6 Å². The molecule has 1 nitrogen and oxygen atoms in total. The summed E-state index contributed by atoms with van der Waals surface area (Å²) in [6.07, 6.45) is 0. The lowest BCUT2D eigenvalue weighted by atomic mass is 9.98. The summed E-state index contributed by atoms with van der Waals surface area (Å²) in [5, 5.41) is 4.90. The van der Waals surface area contributed by atoms with Crippen molar-refractivity contribution in [3.8, 4) is 0 Å². The van der Waals surface area contributed by atoms with Crippen molar-refractivity contribution in [2.45, 2.75) is 13.0 Å². The minimum atomic E-state index is 0.0610. The third kappa shape index (κ3) is 3.85. The van der Waals surface area contributed by atoms with Gasteiger partial charge in [-0.3, -0.25) is 0 Å². The van der Waals surface area contributed by atoms with Crippen LogP contribution in [0, 0.1) is 3.57 Å². The maximum absolute atomic E-state index is 6.32. The van der Waals surface area contributed by atoms with Crippen molar-refractivity contribution in [3.05, 3.63) is 67.2 Å². The van der Waals surface area contributed by atoms with Crippen molar-refractivity contribution in [1.82, 2.24) is 5.32 Å². The minimum absolute atomic E-state index is 0.0610. The summed E-state index contributed by atoms with van der Waals surface area (Å²) in [6, 6.07) is 14.0. The molecule has 2 aromatic carbocycles. The molecule has 0 amide bonds. The molecule has 1 unspecified atom stereocenters. The highest BCUT2D eigenvalue weighted by atomic mass is 127. The summed E-state index contributed by atoms with van der Waals surface area (Å²) >= 11 is 14.7. The molecule has 2 aromatic rings. The van der Waals surface area contributed by atoms with Gasteiger partial charge < -0.3 is 5.32 Å². The van der Waals surface area contributed by atoms with Crippen LogP contribution in [0.25, 0.3) is 0 Å². The Morgan fingerprint density at radius 1 is 1.16 bits per heavy atom. The smallest absolute Gasteiger partial charge is 0.0592 e. The van der Waals surface area contributed by atoms with Gasteiger partial charge in [0.05, 0.1) is 6.04 Å². The van der Waals surface area contributed by atoms with Crippen molar-refractivity contribution in [2.24, 2.45) is 0 Å². The van der Waals surface area contributed by atoms with Gasteiger partial charge in [-0.15, -0.1) is 0 Å². The van der Waals surface area contributed by atoms with Crippen molar-refractivity contribution in [2.75, 3.05) is 6.54 Å². The molecule has 0 heterocycles. The summed E-state index contributed by atoms with van der Waals surface area (Å²) < 4.78 is 1.20. The van der Waals surface area contributed by atoms with Crippen LogP contribution in [0.1, 0.15) is 24.1 Å². The van der Waals surface area contributed by atoms with E-state index in [-0.39, 0.29) is 6.04 Å². The lowest BCUT2D eigenvalue weighted by molar-refractivity contribution is 0.630. The molecule has 0 spiro atoms. The fourth-order valence-electron chi connectivity index (χ4n) is 2.03. The van der Waals surface area contributed by atoms with Gasteiger partial charge in [0.1, 0.15) is 0 Å². The molecular formula is C15H14Cl2IN. The third-order valence-electron chi connectivity index (χ3n) is 2.86. The van der Waals surface area contributed by atoms with Gasteiger partial charge in [-0.2, -0.15) is 0 Å². The van der Waals surface area contributed by atoms with E-state index >= 15 is 0 Å². The van der Waals surface area contributed by atoms with Gasteiger partial charge in [-0.25, -0.2) is 0 Å². The molecule has 19 heavy (non-hydrogen) atoms. The number of halogens is 3. The number of benzene rings is 2. The maximum atomic E-state index is 6.32. The van der Waals surface area contributed by atoms with E-state index in [9.17, 15) is 0 Å². The van der Waals surface area contributed by atoms with E-state index in [1.165, 1.54) is 9.13 Å². The zero-order valence-electron chi connectivity index (χ0n) is 10.5. The van der Waals surface area contributed by atoms with Gasteiger partial charge in [-0.05, 0) is 70.6 Å². The second-order valence-electron chi connectivity index (χ2n) is 4.21. The lowest BCUT2D eigenvalue weighted by Gasteiger charge is -2.20. The average molecular weight is 406 g/mol. The normalized spacial score (nSPS) is 12.4. The second kappa shape index (κ2) is 6.93. The lowest BCUT2D eigenvalue weighted by Crippen LogP contribution is -2.22. The van der Waals surface area contributed by atoms with Crippen LogP contribution < -0.4 is 5.32 Å². The Bertz CT molecular complexity index is 572. The van der Waals surface area contributed by atoms with E-state index in [1.807, 2.05) is 18.2 Å². The van der Waals surface area contributed by atoms with Gasteiger partial charge >= 0.3 is 0 Å². The van der Waals surface area contributed by atoms with Crippen LogP contribution in [0.3, 0.4) is 0 Å². The number of hydrogen-bond donors (Lipinski definition) is 1. The highest BCUT2D eigenvalue weighted by molar-refractivity contribution is 14.1. The monoisotopic (exact) mass is 405 g/mol. The minimum Gasteiger partial charge on any atom is -0.306 e. The highest BCUT2D eigenvalue weighted by Gasteiger charge is 2.16. The summed E-state index contributed by atoms with van der Waals surface area (Å²) in [5.74, 6) is 0. The summed E-state index contributed by atoms with van der Waals surface area (Å²) in [7, 11) is 0. The number of nitrogens with one attached hydrogen (secondary N) is 1. The molecule has 0 saturated heterocycles. The molecule has 2 rings (SSSR count). The Balaban J connectivity index is 2.48. The van der Waals surface area contributed by atoms with Gasteiger partial charge in [-0.1, -0.05) is 42.3 Å². The molecule has 100 valence electrons. The van der Waals surface area contributed by atoms with E-state index in [0.29, 0.717) is 5.02 Å². The first-order chi connectivity index (χ1) is 9.11. The van der Waals surface area contributed by atoms with Crippen LogP contribution in [-0.4, -0.2) is 6.54 Å². The predicted molar refractivity (Wildman–Crippen MR) is 91.1 cm³/mol. The van der Waals surface area contributed by atoms with E-state index in [2.05, 4.69) is 59.1 Å². The topological polar surface area (TPSA) is 12.0 Å². The van der Waals surface area contributed by atoms with Crippen molar-refractivity contribution >= 4 is 45.8 Å². The SMILES string of the molecule is CCNC(c1cccc(I)c1)c1cc(Cl)ccc1Cl. The first-order valence-corrected chi connectivity index (χ1v) is 7.89. The fourth-order valence-corrected chi connectivity index (χ4v) is 3.01. The number of rotatable bonds is 4. The molecular weight excluding hydrogens is 392 g/mol. The molecule has 0 aromatic heterocycles. The van der Waals surface area contributed by atoms with Crippen molar-refractivity contribution in [3.63, 3.8) is 0 Å². The fraction of sp³-hybridized carbons (Fsp3) is 0.200. The van der Waals surface area contributed by atoms with Crippen LogP contribution in [0.4, 0.5) is 0 Å². The summed E-state index contributed by atoms with van der Waals surface area (Å²) in [5.41, 5.74) is 2.20. The molecule has 0 aliphatic heterocycles. The molecule has 0 aliphatic rings. The van der Waals surface area contributed by atoms with Crippen LogP contribution in [0.15, 0.2) is 42.5 Å². The van der Waals surface area contributed by atoms with Gasteiger partial charge in [0.15, 0.2) is 0 Å². The molecule has 0 saturated carbocycles. The Morgan fingerprint density at radius 3 is 2.63 bits per heavy atom. The summed E-state index contributed by atoms with van der Waals surface area (Å²) in [6.45, 7) is 2.94. The predicted octanol–water partition coefficient (Wildman–Crippen LogP) is 5.30. The second-order valence-corrected chi connectivity index (χ2v) is 6.30. The Kier molecular flexibility index (Phi) is 5.51. The Labute approximate surface area is 137 Å². The zero-order valence-corrected chi connectivity index (χ0v) is 14.1. The van der Waals surface area contributed by atoms with Crippen LogP contribution in [-0.2, 0) is 0 Å². The Hall–Kier alpha value is -0.290. The largest absolute Gasteiger partial charge is 0.306 e. The van der Waals surface area contributed by atoms with Crippen molar-refractivity contribution < 1.29 is 0 Å². The molecule has 1 N–H and O–H groups in total. The van der Waals surface area contributed by atoms with Crippen LogP contribution in [0.2, 0.25) is 10.0 Å². The van der Waals surface area contributed by atoms with Crippen molar-refractivity contribution in [1.29, 1.82) is 0 Å². The highest BCUT2D eigenvalue weighted by Crippen LogP contribution is 2.31. The average Bonchev–Trinajstić information content (AvgIpc) is 2.39.